The van der Waals surface area contributed by atoms with Gasteiger partial charge in [0.2, 0.25) is 0 Å². The quantitative estimate of drug-likeness (QED) is 0.165. The molecular weight excluding hydrogens is 1240 g/mol. The van der Waals surface area contributed by atoms with Gasteiger partial charge in [-0.25, -0.2) is 9.97 Å². The van der Waals surface area contributed by atoms with Crippen molar-refractivity contribution in [2.45, 2.75) is 249 Å². The first kappa shape index (κ1) is 52.0. The number of rotatable bonds is 4. The van der Waals surface area contributed by atoms with Crippen molar-refractivity contribution in [3.8, 4) is 44.5 Å². The number of aromatic nitrogens is 4. The molecule has 25 rings (SSSR count). The molecule has 0 radical (unpaired) electrons. The van der Waals surface area contributed by atoms with E-state index in [1.165, 1.54) is 176 Å². The summed E-state index contributed by atoms with van der Waals surface area (Å²) in [6.07, 6.45) is 41.8. The average molecular weight is 1310 g/mol. The van der Waals surface area contributed by atoms with Crippen molar-refractivity contribution in [3.05, 3.63) is 160 Å². The van der Waals surface area contributed by atoms with Crippen LogP contribution < -0.4 is 9.97 Å². The van der Waals surface area contributed by atoms with Crippen LogP contribution in [0, 0.1) is 0 Å². The molecule has 16 aliphatic carbocycles. The number of nitrogens with zero attached hydrogens (tertiary/aromatic N) is 4. The molecule has 2 aliphatic heterocycles. The van der Waals surface area contributed by atoms with Crippen molar-refractivity contribution in [3.63, 3.8) is 0 Å². The minimum absolute atomic E-state index is 0.346. The van der Waals surface area contributed by atoms with E-state index in [2.05, 4.69) is 72.8 Å². The molecule has 3 aromatic heterocycles. The molecule has 16 atom stereocenters. The molecule has 454 valence electrons. The maximum absolute atomic E-state index is 6.35. The van der Waals surface area contributed by atoms with Crippen LogP contribution >= 0.6 is 19.4 Å². The molecule has 0 unspecified atom stereocenters. The van der Waals surface area contributed by atoms with Gasteiger partial charge in [-0.1, -0.05) is 48.5 Å². The molecule has 91 heavy (non-hydrogen) atoms. The molecule has 0 amide bonds. The predicted octanol–water partition coefficient (Wildman–Crippen LogP) is 22.9. The second-order valence-corrected chi connectivity index (χ2v) is 35.7. The van der Waals surface area contributed by atoms with Crippen molar-refractivity contribution in [2.75, 3.05) is 0 Å². The van der Waals surface area contributed by atoms with E-state index in [1.54, 1.807) is 111 Å². The standard InChI is InChI=1S/C84H76N4.2ClH.Ru/c1-9-45-25-37(1)53-33-54-38-2-10-46(26-38)70(54)81(69(45)53)77-61-17-19-63(85-61)78(82-71-47-11-3-39(27-47)55(71)34-56-40-4-12-48(28-40)72(56)82)65-21-23-67(87-65)80(84-75-51-15-7-43(31-51)59(75)36-60-44-8-16-52(32-44)76(60)84)68-24-22-66(88-68)79(64-20-18-62(77)86-64)83-73-49-13-5-41(29-49)57(73)35-58-42-6-14-50(30-42)74(58)83;;;/h17-24,33-52H,1-16,25-32H2;2*1H;/q-2;;;+4/p-2/t37-,38-,39-,40-,41-,42-,43-,44-,45+,46+,47+,48+,49+,50+,51+,52+;;;/m1.../s1. The Kier molecular flexibility index (Phi) is 10.5. The van der Waals surface area contributed by atoms with E-state index in [1.807, 2.05) is 0 Å². The molecule has 5 heterocycles. The van der Waals surface area contributed by atoms with Crippen LogP contribution in [0.5, 0.6) is 0 Å². The number of hydrogen-bond acceptors (Lipinski definition) is 2. The third kappa shape index (κ3) is 6.67. The van der Waals surface area contributed by atoms with Gasteiger partial charge >= 0.3 is 34.5 Å². The van der Waals surface area contributed by atoms with Gasteiger partial charge < -0.3 is 9.97 Å². The monoisotopic (exact) mass is 1310 g/mol. The molecule has 7 heteroatoms. The van der Waals surface area contributed by atoms with E-state index in [0.717, 1.165) is 44.8 Å². The first-order valence-corrected chi connectivity index (χ1v) is 41.2. The van der Waals surface area contributed by atoms with Crippen LogP contribution in [0.1, 0.15) is 361 Å². The van der Waals surface area contributed by atoms with E-state index in [9.17, 15) is 0 Å². The summed E-state index contributed by atoms with van der Waals surface area (Å²) in [5.41, 5.74) is 47.9. The average Bonchev–Trinajstić information content (AvgIpc) is 1.59. The number of hydrogen-bond donors (Lipinski definition) is 0. The summed E-state index contributed by atoms with van der Waals surface area (Å²) in [6, 6.07) is 21.2. The van der Waals surface area contributed by atoms with Crippen molar-refractivity contribution in [1.29, 1.82) is 0 Å². The molecule has 24 bridgehead atoms. The molecular formula is C84H76Cl2N4Ru. The first-order valence-electron chi connectivity index (χ1n) is 36.7. The van der Waals surface area contributed by atoms with Crippen LogP contribution in [0.3, 0.4) is 0 Å². The van der Waals surface area contributed by atoms with Gasteiger partial charge in [0.15, 0.2) is 0 Å². The summed E-state index contributed by atoms with van der Waals surface area (Å²) in [4.78, 5) is 25.4. The fourth-order valence-electron chi connectivity index (χ4n) is 26.6. The number of fused-ring (bicyclic) bond motifs is 48. The number of benzene rings is 4. The van der Waals surface area contributed by atoms with Gasteiger partial charge in [0.05, 0.1) is 22.8 Å². The summed E-state index contributed by atoms with van der Waals surface area (Å²) in [5.74, 6) is 10.4. The van der Waals surface area contributed by atoms with Crippen LogP contribution in [0.2, 0.25) is 0 Å². The van der Waals surface area contributed by atoms with E-state index in [-0.39, 0.29) is 15.1 Å². The zero-order chi connectivity index (χ0) is 58.7. The molecule has 0 N–H and O–H groups in total. The van der Waals surface area contributed by atoms with Crippen LogP contribution in [0.15, 0.2) is 48.5 Å². The molecule has 4 aromatic carbocycles. The van der Waals surface area contributed by atoms with Crippen LogP contribution in [-0.2, 0) is 15.1 Å². The summed E-state index contributed by atoms with van der Waals surface area (Å²) in [7, 11) is 9.71. The first-order chi connectivity index (χ1) is 44.9. The predicted molar refractivity (Wildman–Crippen MR) is 365 cm³/mol. The van der Waals surface area contributed by atoms with E-state index in [0.29, 0.717) is 94.7 Å². The molecule has 8 saturated carbocycles. The van der Waals surface area contributed by atoms with E-state index < -0.39 is 0 Å². The van der Waals surface area contributed by atoms with Gasteiger partial charge in [0, 0.05) is 0 Å². The van der Waals surface area contributed by atoms with E-state index >= 15 is 0 Å². The second kappa shape index (κ2) is 18.4. The van der Waals surface area contributed by atoms with Crippen LogP contribution in [0.25, 0.3) is 90.9 Å². The van der Waals surface area contributed by atoms with Gasteiger partial charge in [-0.15, -0.1) is 22.1 Å². The third-order valence-corrected chi connectivity index (χ3v) is 29.7. The Hall–Kier alpha value is -5.32. The fourth-order valence-corrected chi connectivity index (χ4v) is 26.6. The molecule has 0 spiro atoms. The van der Waals surface area contributed by atoms with Crippen molar-refractivity contribution < 1.29 is 15.1 Å². The Morgan fingerprint density at radius 1 is 0.253 bits per heavy atom. The molecule has 18 aliphatic rings. The normalized spacial score (nSPS) is 33.6. The van der Waals surface area contributed by atoms with Gasteiger partial charge in [0.25, 0.3) is 0 Å². The van der Waals surface area contributed by atoms with Gasteiger partial charge in [-0.2, -0.15) is 0 Å². The number of halogens is 2. The summed E-state index contributed by atoms with van der Waals surface area (Å²) in [6.45, 7) is 0. The Bertz CT molecular complexity index is 4070. The molecule has 8 fully saturated rings. The van der Waals surface area contributed by atoms with Gasteiger partial charge in [-0.3, -0.25) is 0 Å². The van der Waals surface area contributed by atoms with Gasteiger partial charge in [0.1, 0.15) is 0 Å². The Balaban J connectivity index is 0.00000170. The molecule has 0 saturated heterocycles. The SMILES string of the molecule is C1=Cc2nc1c(-c1c3c(cc4c1[C@H]1CC[C@@H]4C1)[C@@H]1CC[C@H]3C1)c1ccc([n-]1)c(-c1c3c(cc4c1[C@H]1CC[C@@H]4C1)[C@@H]1CC[C@H]3C1)c1nc(c(-c3c4c(cc5c3[C@H]3CC[C@@H]5C3)[C@@H]3CC[C@H]4C3)c3ccc([n-]3)c2-c2c3c(cc4c2[C@H]2CC[C@@H]4C2)[C@@H]2CC[C@H]3C2)C=C1.[Cl][Ru+2][Cl]. The third-order valence-electron chi connectivity index (χ3n) is 29.7. The van der Waals surface area contributed by atoms with Crippen molar-refractivity contribution in [1.82, 2.24) is 19.9 Å². The molecule has 4 nitrogen and oxygen atoms in total. The fraction of sp³-hybridized carbons (Fsp3) is 0.476. The van der Waals surface area contributed by atoms with Crippen molar-refractivity contribution in [2.24, 2.45) is 0 Å². The second-order valence-electron chi connectivity index (χ2n) is 33.1. The summed E-state index contributed by atoms with van der Waals surface area (Å²) in [5, 5.41) is 0. The molecule has 7 aromatic rings. The van der Waals surface area contributed by atoms with Crippen molar-refractivity contribution >= 4 is 65.8 Å². The topological polar surface area (TPSA) is 54.0 Å². The summed E-state index contributed by atoms with van der Waals surface area (Å²) < 4.78 is 0. The maximum atomic E-state index is 6.35. The Labute approximate surface area is 550 Å². The Morgan fingerprint density at radius 2 is 0.418 bits per heavy atom. The van der Waals surface area contributed by atoms with Gasteiger partial charge in [-0.05, 0) is 407 Å². The Morgan fingerprint density at radius 3 is 0.593 bits per heavy atom. The zero-order valence-electron chi connectivity index (χ0n) is 52.0. The van der Waals surface area contributed by atoms with Crippen LogP contribution in [0.4, 0.5) is 0 Å². The summed E-state index contributed by atoms with van der Waals surface area (Å²) >= 11 is -0.346. The zero-order valence-corrected chi connectivity index (χ0v) is 55.3. The van der Waals surface area contributed by atoms with Crippen LogP contribution in [-0.4, -0.2) is 9.97 Å². The minimum atomic E-state index is -0.346. The van der Waals surface area contributed by atoms with E-state index in [4.69, 9.17) is 39.3 Å².